The van der Waals surface area contributed by atoms with Crippen LogP contribution < -0.4 is 10.5 Å². The molecule has 2 N–H and O–H groups in total. The lowest BCUT2D eigenvalue weighted by Crippen LogP contribution is -2.45. The van der Waals surface area contributed by atoms with Gasteiger partial charge in [-0.1, -0.05) is 0 Å². The van der Waals surface area contributed by atoms with Crippen molar-refractivity contribution in [1.82, 2.24) is 4.90 Å². The van der Waals surface area contributed by atoms with Gasteiger partial charge in [-0.05, 0) is 51.5 Å². The Labute approximate surface area is 190 Å². The molecule has 0 saturated carbocycles. The fraction of sp³-hybridized carbons (Fsp3) is 0.391. The minimum atomic E-state index is -0.905. The quantitative estimate of drug-likeness (QED) is 0.456. The second-order valence-corrected chi connectivity index (χ2v) is 9.47. The average Bonchev–Trinajstić information content (AvgIpc) is 3.26. The van der Waals surface area contributed by atoms with Crippen molar-refractivity contribution < 1.29 is 28.7 Å². The van der Waals surface area contributed by atoms with Gasteiger partial charge in [-0.3, -0.25) is 19.2 Å². The maximum absolute atomic E-state index is 12.9. The van der Waals surface area contributed by atoms with Gasteiger partial charge in [0.2, 0.25) is 5.91 Å². The van der Waals surface area contributed by atoms with Gasteiger partial charge in [0, 0.05) is 34.3 Å². The molecule has 1 atom stereocenters. The Morgan fingerprint density at radius 1 is 1.25 bits per heavy atom. The molecule has 0 radical (unpaired) electrons. The Morgan fingerprint density at radius 3 is 2.53 bits per heavy atom. The minimum absolute atomic E-state index is 0.0196. The summed E-state index contributed by atoms with van der Waals surface area (Å²) in [4.78, 5) is 50.1. The smallest absolute Gasteiger partial charge is 0.306 e. The summed E-state index contributed by atoms with van der Waals surface area (Å²) < 4.78 is 11.1. The zero-order valence-electron chi connectivity index (χ0n) is 18.3. The molecule has 0 saturated heterocycles. The lowest BCUT2D eigenvalue weighted by atomic mass is 10.1. The highest BCUT2D eigenvalue weighted by molar-refractivity contribution is 7.10. The number of hydrogen-bond donors (Lipinski definition) is 1. The molecule has 1 unspecified atom stereocenters. The van der Waals surface area contributed by atoms with Crippen LogP contribution in [0.1, 0.15) is 64.8 Å². The van der Waals surface area contributed by atoms with E-state index in [4.69, 9.17) is 15.2 Å². The van der Waals surface area contributed by atoms with Gasteiger partial charge in [0.1, 0.15) is 30.3 Å². The van der Waals surface area contributed by atoms with E-state index in [-0.39, 0.29) is 31.9 Å². The third-order valence-corrected chi connectivity index (χ3v) is 5.94. The molecule has 8 nitrogen and oxygen atoms in total. The summed E-state index contributed by atoms with van der Waals surface area (Å²) in [6.07, 6.45) is 0.834. The highest BCUT2D eigenvalue weighted by atomic mass is 32.1. The first kappa shape index (κ1) is 23.5. The molecule has 170 valence electrons. The first-order valence-corrected chi connectivity index (χ1v) is 11.1. The van der Waals surface area contributed by atoms with Crippen LogP contribution >= 0.6 is 11.3 Å². The molecule has 0 fully saturated rings. The molecule has 2 heterocycles. The lowest BCUT2D eigenvalue weighted by molar-refractivity contribution is -0.155. The van der Waals surface area contributed by atoms with Crippen molar-refractivity contribution in [2.45, 2.75) is 58.4 Å². The van der Waals surface area contributed by atoms with Crippen LogP contribution in [0.2, 0.25) is 0 Å². The van der Waals surface area contributed by atoms with Crippen molar-refractivity contribution in [3.63, 3.8) is 0 Å². The number of carbonyl (C=O) groups is 4. The summed E-state index contributed by atoms with van der Waals surface area (Å²) >= 11 is 1.41. The van der Waals surface area contributed by atoms with Crippen LogP contribution in [0, 0.1) is 0 Å². The monoisotopic (exact) mass is 458 g/mol. The molecule has 32 heavy (non-hydrogen) atoms. The van der Waals surface area contributed by atoms with Crippen molar-refractivity contribution in [3.05, 3.63) is 51.2 Å². The molecule has 0 aliphatic carbocycles. The van der Waals surface area contributed by atoms with Gasteiger partial charge in [-0.25, -0.2) is 0 Å². The van der Waals surface area contributed by atoms with Crippen molar-refractivity contribution in [2.24, 2.45) is 5.73 Å². The van der Waals surface area contributed by atoms with E-state index < -0.39 is 23.5 Å². The number of primary amides is 1. The van der Waals surface area contributed by atoms with Gasteiger partial charge in [0.25, 0.3) is 5.91 Å². The molecule has 1 aromatic carbocycles. The second-order valence-electron chi connectivity index (χ2n) is 8.50. The van der Waals surface area contributed by atoms with Crippen molar-refractivity contribution in [2.75, 3.05) is 0 Å². The lowest BCUT2D eigenvalue weighted by Gasteiger charge is -2.26. The maximum atomic E-state index is 12.9. The number of carbonyl (C=O) groups excluding carboxylic acids is 4. The SMILES string of the molecule is CC(C)(C)OC(=O)CCC(C(N)=O)N1Cc2c(csc2COc2ccc(C=O)cc2)C1=O. The van der Waals surface area contributed by atoms with Crippen LogP contribution in [0.15, 0.2) is 29.6 Å². The van der Waals surface area contributed by atoms with Crippen LogP contribution in [0.25, 0.3) is 0 Å². The fourth-order valence-corrected chi connectivity index (χ4v) is 4.38. The maximum Gasteiger partial charge on any atom is 0.306 e. The number of thiophene rings is 1. The largest absolute Gasteiger partial charge is 0.488 e. The van der Waals surface area contributed by atoms with Gasteiger partial charge in [-0.15, -0.1) is 11.3 Å². The summed E-state index contributed by atoms with van der Waals surface area (Å²) in [5.41, 5.74) is 6.81. The highest BCUT2D eigenvalue weighted by Gasteiger charge is 2.38. The van der Waals surface area contributed by atoms with Gasteiger partial charge < -0.3 is 20.1 Å². The summed E-state index contributed by atoms with van der Waals surface area (Å²) in [6, 6.07) is 5.82. The Balaban J connectivity index is 1.66. The van der Waals surface area contributed by atoms with E-state index in [1.807, 2.05) is 0 Å². The number of nitrogens with two attached hydrogens (primary N) is 1. The molecule has 0 spiro atoms. The predicted octanol–water partition coefficient (Wildman–Crippen LogP) is 3.07. The first-order chi connectivity index (χ1) is 15.1. The third-order valence-electron chi connectivity index (χ3n) is 4.93. The van der Waals surface area contributed by atoms with Crippen molar-refractivity contribution in [1.29, 1.82) is 0 Å². The minimum Gasteiger partial charge on any atom is -0.488 e. The summed E-state index contributed by atoms with van der Waals surface area (Å²) in [5, 5.41) is 1.75. The number of esters is 1. The number of benzene rings is 1. The molecule has 9 heteroatoms. The van der Waals surface area contributed by atoms with Crippen molar-refractivity contribution in [3.8, 4) is 5.75 Å². The number of rotatable bonds is 9. The fourth-order valence-electron chi connectivity index (χ4n) is 3.44. The Hall–Kier alpha value is -3.20. The number of aldehydes is 1. The topological polar surface area (TPSA) is 116 Å². The third kappa shape index (κ3) is 5.53. The van der Waals surface area contributed by atoms with Crippen LogP contribution in [0.5, 0.6) is 5.75 Å². The average molecular weight is 459 g/mol. The highest BCUT2D eigenvalue weighted by Crippen LogP contribution is 2.34. The van der Waals surface area contributed by atoms with E-state index in [1.165, 1.54) is 16.2 Å². The summed E-state index contributed by atoms with van der Waals surface area (Å²) in [5.74, 6) is -0.791. The number of ether oxygens (including phenoxy) is 2. The molecule has 2 amide bonds. The molecule has 0 bridgehead atoms. The molecular formula is C23H26N2O6S. The van der Waals surface area contributed by atoms with Gasteiger partial charge in [0.15, 0.2) is 0 Å². The zero-order chi connectivity index (χ0) is 23.5. The van der Waals surface area contributed by atoms with Crippen molar-refractivity contribution >= 4 is 35.4 Å². The molecule has 3 rings (SSSR count). The number of hydrogen-bond acceptors (Lipinski definition) is 7. The Morgan fingerprint density at radius 2 is 1.94 bits per heavy atom. The molecule has 2 aromatic rings. The van der Waals surface area contributed by atoms with E-state index in [2.05, 4.69) is 0 Å². The van der Waals surface area contributed by atoms with Crippen LogP contribution in [0.4, 0.5) is 0 Å². The van der Waals surface area contributed by atoms with Crippen LogP contribution in [-0.4, -0.2) is 40.6 Å². The number of fused-ring (bicyclic) bond motifs is 1. The van der Waals surface area contributed by atoms with Gasteiger partial charge in [-0.2, -0.15) is 0 Å². The molecule has 1 aromatic heterocycles. The zero-order valence-corrected chi connectivity index (χ0v) is 19.1. The van der Waals surface area contributed by atoms with E-state index in [0.717, 1.165) is 16.7 Å². The molecular weight excluding hydrogens is 432 g/mol. The van der Waals surface area contributed by atoms with Crippen LogP contribution in [-0.2, 0) is 27.5 Å². The Bertz CT molecular complexity index is 1020. The van der Waals surface area contributed by atoms with E-state index >= 15 is 0 Å². The van der Waals surface area contributed by atoms with E-state index in [0.29, 0.717) is 16.9 Å². The standard InChI is InChI=1S/C23H26N2O6S/c1-23(2,3)31-20(27)9-8-18(21(24)28)25-10-16-17(22(25)29)13-32-19(16)12-30-15-6-4-14(11-26)5-7-15/h4-7,11,13,18H,8-10,12H2,1-3H3,(H2,24,28). The summed E-state index contributed by atoms with van der Waals surface area (Å²) in [6.45, 7) is 5.76. The van der Waals surface area contributed by atoms with Gasteiger partial charge >= 0.3 is 5.97 Å². The normalized spacial score (nSPS) is 14.1. The predicted molar refractivity (Wildman–Crippen MR) is 118 cm³/mol. The van der Waals surface area contributed by atoms with Crippen LogP contribution in [0.3, 0.4) is 0 Å². The number of nitrogens with zero attached hydrogens (tertiary/aromatic N) is 1. The van der Waals surface area contributed by atoms with Gasteiger partial charge in [0.05, 0.1) is 5.56 Å². The molecule has 1 aliphatic rings. The van der Waals surface area contributed by atoms with E-state index in [9.17, 15) is 19.2 Å². The summed E-state index contributed by atoms with van der Waals surface area (Å²) in [7, 11) is 0. The molecule has 1 aliphatic heterocycles. The first-order valence-electron chi connectivity index (χ1n) is 10.2. The number of amides is 2. The Kier molecular flexibility index (Phi) is 6.98. The van der Waals surface area contributed by atoms with E-state index in [1.54, 1.807) is 50.4 Å². The second kappa shape index (κ2) is 9.52.